The van der Waals surface area contributed by atoms with E-state index in [0.717, 1.165) is 28.1 Å². The number of methoxy groups -OCH3 is 1. The van der Waals surface area contributed by atoms with E-state index in [1.165, 1.54) is 0 Å². The molecule has 1 unspecified atom stereocenters. The Labute approximate surface area is 153 Å². The molecule has 0 N–H and O–H groups in total. The number of rotatable bonds is 3. The first-order chi connectivity index (χ1) is 12.6. The number of benzene rings is 2. The van der Waals surface area contributed by atoms with E-state index in [4.69, 9.17) is 9.47 Å². The molecule has 2 heterocycles. The third-order valence-electron chi connectivity index (χ3n) is 4.98. The van der Waals surface area contributed by atoms with Crippen LogP contribution in [0.3, 0.4) is 0 Å². The molecule has 4 rings (SSSR count). The molecule has 26 heavy (non-hydrogen) atoms. The van der Waals surface area contributed by atoms with E-state index in [-0.39, 0.29) is 5.91 Å². The van der Waals surface area contributed by atoms with Gasteiger partial charge in [0.05, 0.1) is 12.8 Å². The van der Waals surface area contributed by atoms with Gasteiger partial charge in [-0.05, 0) is 61.4 Å². The van der Waals surface area contributed by atoms with Crippen LogP contribution in [0.2, 0.25) is 0 Å². The molecule has 2 aromatic carbocycles. The van der Waals surface area contributed by atoms with Gasteiger partial charge in [-0.15, -0.1) is 0 Å². The van der Waals surface area contributed by atoms with Crippen LogP contribution in [0.25, 0.3) is 6.08 Å². The van der Waals surface area contributed by atoms with Gasteiger partial charge in [0.25, 0.3) is 5.91 Å². The summed E-state index contributed by atoms with van der Waals surface area (Å²) < 4.78 is 11.4. The Hall–Kier alpha value is -3.01. The monoisotopic (exact) mass is 347 g/mol. The van der Waals surface area contributed by atoms with Crippen molar-refractivity contribution in [2.24, 2.45) is 0 Å². The molecular weight excluding hydrogens is 326 g/mol. The van der Waals surface area contributed by atoms with Crippen molar-refractivity contribution in [3.63, 3.8) is 0 Å². The molecule has 4 nitrogen and oxygen atoms in total. The summed E-state index contributed by atoms with van der Waals surface area (Å²) in [5.74, 6) is 1.45. The third kappa shape index (κ3) is 2.33. The Kier molecular flexibility index (Phi) is 3.83. The van der Waals surface area contributed by atoms with Gasteiger partial charge in [-0.2, -0.15) is 0 Å². The van der Waals surface area contributed by atoms with Gasteiger partial charge in [0, 0.05) is 12.1 Å². The molecule has 4 heteroatoms. The van der Waals surface area contributed by atoms with Gasteiger partial charge in [0.1, 0.15) is 11.5 Å². The molecule has 0 saturated heterocycles. The first kappa shape index (κ1) is 16.5. The van der Waals surface area contributed by atoms with Crippen LogP contribution >= 0.6 is 0 Å². The van der Waals surface area contributed by atoms with E-state index in [2.05, 4.69) is 0 Å². The van der Waals surface area contributed by atoms with Gasteiger partial charge in [-0.1, -0.05) is 24.3 Å². The number of allylic oxidation sites excluding steroid dienone is 1. The number of carbonyl (C=O) groups excluding carboxylic acids is 1. The SMILES string of the molecule is CCN1C(=O)C2(C=C/C(=C/c3ccc(OC)cc3)O2)c2c(C)cccc21. The summed E-state index contributed by atoms with van der Waals surface area (Å²) >= 11 is 0. The summed E-state index contributed by atoms with van der Waals surface area (Å²) in [6.45, 7) is 4.62. The maximum Gasteiger partial charge on any atom is 0.280 e. The first-order valence-electron chi connectivity index (χ1n) is 8.75. The summed E-state index contributed by atoms with van der Waals surface area (Å²) in [5, 5.41) is 0. The van der Waals surface area contributed by atoms with Crippen LogP contribution in [0.4, 0.5) is 5.69 Å². The molecular formula is C22H21NO3. The fourth-order valence-electron chi connectivity index (χ4n) is 3.74. The second-order valence-electron chi connectivity index (χ2n) is 6.51. The van der Waals surface area contributed by atoms with Crippen molar-refractivity contribution >= 4 is 17.7 Å². The van der Waals surface area contributed by atoms with Crippen LogP contribution in [0.15, 0.2) is 60.4 Å². The molecule has 0 radical (unpaired) electrons. The molecule has 0 aliphatic carbocycles. The number of hydrogen-bond donors (Lipinski definition) is 0. The molecule has 2 aromatic rings. The first-order valence-corrected chi connectivity index (χ1v) is 8.75. The number of likely N-dealkylation sites (N-methyl/N-ethyl adjacent to an activating group) is 1. The average molecular weight is 347 g/mol. The van der Waals surface area contributed by atoms with Crippen molar-refractivity contribution in [2.45, 2.75) is 19.4 Å². The highest BCUT2D eigenvalue weighted by Gasteiger charge is 2.54. The van der Waals surface area contributed by atoms with Crippen molar-refractivity contribution in [1.82, 2.24) is 0 Å². The number of ether oxygens (including phenoxy) is 2. The summed E-state index contributed by atoms with van der Waals surface area (Å²) in [4.78, 5) is 15.0. The van der Waals surface area contributed by atoms with E-state index in [1.807, 2.05) is 74.5 Å². The highest BCUT2D eigenvalue weighted by Crippen LogP contribution is 2.49. The van der Waals surface area contributed by atoms with Gasteiger partial charge >= 0.3 is 0 Å². The van der Waals surface area contributed by atoms with Crippen molar-refractivity contribution in [2.75, 3.05) is 18.6 Å². The summed E-state index contributed by atoms with van der Waals surface area (Å²) in [6.07, 6.45) is 5.70. The zero-order valence-corrected chi connectivity index (χ0v) is 15.2. The summed E-state index contributed by atoms with van der Waals surface area (Å²) in [6, 6.07) is 13.7. The third-order valence-corrected chi connectivity index (χ3v) is 4.98. The number of carbonyl (C=O) groups is 1. The maximum absolute atomic E-state index is 13.2. The highest BCUT2D eigenvalue weighted by molar-refractivity contribution is 6.09. The van der Waals surface area contributed by atoms with Gasteiger partial charge in [-0.25, -0.2) is 0 Å². The molecule has 132 valence electrons. The Bertz CT molecular complexity index is 927. The van der Waals surface area contributed by atoms with Crippen LogP contribution in [-0.4, -0.2) is 19.6 Å². The summed E-state index contributed by atoms with van der Waals surface area (Å²) in [5.41, 5.74) is 2.89. The second-order valence-corrected chi connectivity index (χ2v) is 6.51. The van der Waals surface area contributed by atoms with E-state index in [1.54, 1.807) is 12.0 Å². The number of aryl methyl sites for hydroxylation is 1. The lowest BCUT2D eigenvalue weighted by molar-refractivity contribution is -0.131. The lowest BCUT2D eigenvalue weighted by Crippen LogP contribution is -2.39. The molecule has 2 aliphatic heterocycles. The van der Waals surface area contributed by atoms with E-state index < -0.39 is 5.60 Å². The Morgan fingerprint density at radius 1 is 1.19 bits per heavy atom. The fraction of sp³-hybridized carbons (Fsp3) is 0.227. The number of fused-ring (bicyclic) bond motifs is 2. The van der Waals surface area contributed by atoms with E-state index in [0.29, 0.717) is 12.3 Å². The zero-order valence-electron chi connectivity index (χ0n) is 15.2. The number of hydrogen-bond acceptors (Lipinski definition) is 3. The molecule has 0 bridgehead atoms. The van der Waals surface area contributed by atoms with E-state index >= 15 is 0 Å². The zero-order chi connectivity index (χ0) is 18.3. The maximum atomic E-state index is 13.2. The van der Waals surface area contributed by atoms with Crippen molar-refractivity contribution in [3.05, 3.63) is 77.1 Å². The quantitative estimate of drug-likeness (QED) is 0.835. The molecule has 0 fully saturated rings. The molecule has 0 saturated carbocycles. The van der Waals surface area contributed by atoms with Crippen molar-refractivity contribution in [3.8, 4) is 5.75 Å². The number of anilines is 1. The summed E-state index contributed by atoms with van der Waals surface area (Å²) in [7, 11) is 1.64. The fourth-order valence-corrected chi connectivity index (χ4v) is 3.74. The van der Waals surface area contributed by atoms with Gasteiger partial charge in [-0.3, -0.25) is 4.79 Å². The van der Waals surface area contributed by atoms with Crippen LogP contribution < -0.4 is 9.64 Å². The molecule has 0 aromatic heterocycles. The number of nitrogens with zero attached hydrogens (tertiary/aromatic N) is 1. The van der Waals surface area contributed by atoms with Crippen LogP contribution in [-0.2, 0) is 15.1 Å². The van der Waals surface area contributed by atoms with Crippen molar-refractivity contribution in [1.29, 1.82) is 0 Å². The Balaban J connectivity index is 1.72. The minimum atomic E-state index is -1.05. The largest absolute Gasteiger partial charge is 0.497 e. The normalized spacial score (nSPS) is 22.2. The standard InChI is InChI=1S/C22H21NO3/c1-4-23-19-7-5-6-15(2)20(19)22(21(23)24)13-12-18(26-22)14-16-8-10-17(25-3)11-9-16/h5-14H,4H2,1-3H3/b18-14-. The topological polar surface area (TPSA) is 38.8 Å². The van der Waals surface area contributed by atoms with Crippen LogP contribution in [0.5, 0.6) is 5.75 Å². The van der Waals surface area contributed by atoms with Crippen LogP contribution in [0.1, 0.15) is 23.6 Å². The highest BCUT2D eigenvalue weighted by atomic mass is 16.5. The lowest BCUT2D eigenvalue weighted by atomic mass is 9.92. The number of amides is 1. The van der Waals surface area contributed by atoms with E-state index in [9.17, 15) is 4.79 Å². The average Bonchev–Trinajstić information content (AvgIpc) is 3.17. The molecule has 1 atom stereocenters. The smallest absolute Gasteiger partial charge is 0.280 e. The minimum absolute atomic E-state index is 0.0290. The predicted molar refractivity (Wildman–Crippen MR) is 102 cm³/mol. The lowest BCUT2D eigenvalue weighted by Gasteiger charge is -2.23. The van der Waals surface area contributed by atoms with Crippen LogP contribution in [0, 0.1) is 6.92 Å². The molecule has 1 amide bonds. The molecule has 2 aliphatic rings. The van der Waals surface area contributed by atoms with Gasteiger partial charge in [0.2, 0.25) is 5.60 Å². The Morgan fingerprint density at radius 3 is 2.65 bits per heavy atom. The molecule has 1 spiro atoms. The minimum Gasteiger partial charge on any atom is -0.497 e. The second kappa shape index (κ2) is 6.06. The van der Waals surface area contributed by atoms with Gasteiger partial charge in [0.15, 0.2) is 0 Å². The van der Waals surface area contributed by atoms with Gasteiger partial charge < -0.3 is 14.4 Å². The van der Waals surface area contributed by atoms with Crippen molar-refractivity contribution < 1.29 is 14.3 Å². The Morgan fingerprint density at radius 2 is 1.96 bits per heavy atom. The predicted octanol–water partition coefficient (Wildman–Crippen LogP) is 4.19.